The number of pyridine rings is 1. The van der Waals surface area contributed by atoms with E-state index in [0.29, 0.717) is 0 Å². The minimum atomic E-state index is 0.844. The monoisotopic (exact) mass is 478 g/mol. The molecule has 0 saturated heterocycles. The summed E-state index contributed by atoms with van der Waals surface area (Å²) >= 11 is 1.73. The molecule has 0 bridgehead atoms. The number of fused-ring (bicyclic) bond motifs is 1. The van der Waals surface area contributed by atoms with Gasteiger partial charge >= 0.3 is 0 Å². The molecule has 0 aliphatic heterocycles. The molecule has 5 heteroatoms. The molecule has 0 atom stereocenters. The molecule has 4 nitrogen and oxygen atoms in total. The fourth-order valence-electron chi connectivity index (χ4n) is 4.21. The topological polar surface area (TPSA) is 57.4 Å². The minimum absolute atomic E-state index is 0.844. The normalized spacial score (nSPS) is 13.6. The first-order valence-electron chi connectivity index (χ1n) is 11.5. The maximum Gasteiger partial charge on any atom is 0.116 e. The minimum Gasteiger partial charge on any atom is -0.352 e. The molecule has 0 amide bonds. The second-order valence-electron chi connectivity index (χ2n) is 8.42. The van der Waals surface area contributed by atoms with Crippen molar-refractivity contribution in [1.29, 1.82) is 0 Å². The van der Waals surface area contributed by atoms with Gasteiger partial charge in [0.1, 0.15) is 5.69 Å². The lowest BCUT2D eigenvalue weighted by Gasteiger charge is -2.07. The van der Waals surface area contributed by atoms with Crippen LogP contribution >= 0.6 is 11.3 Å². The van der Waals surface area contributed by atoms with Gasteiger partial charge in [-0.1, -0.05) is 44.0 Å². The van der Waals surface area contributed by atoms with Crippen LogP contribution in [0.25, 0.3) is 50.5 Å². The summed E-state index contributed by atoms with van der Waals surface area (Å²) in [5.41, 5.74) is 8.00. The second kappa shape index (κ2) is 10.1. The average molecular weight is 479 g/mol. The van der Waals surface area contributed by atoms with E-state index in [1.54, 1.807) is 17.4 Å². The zero-order valence-corrected chi connectivity index (χ0v) is 21.5. The first kappa shape index (κ1) is 24.2. The van der Waals surface area contributed by atoms with E-state index >= 15 is 0 Å². The summed E-state index contributed by atoms with van der Waals surface area (Å²) in [6.07, 6.45) is 13.8. The van der Waals surface area contributed by atoms with Crippen molar-refractivity contribution in [3.63, 3.8) is 0 Å². The molecular formula is C30H30N4S. The molecule has 0 radical (unpaired) electrons. The number of rotatable bonds is 7. The van der Waals surface area contributed by atoms with Crippen LogP contribution in [0.4, 0.5) is 0 Å². The van der Waals surface area contributed by atoms with Gasteiger partial charge in [0.25, 0.3) is 0 Å². The summed E-state index contributed by atoms with van der Waals surface area (Å²) in [5, 5.41) is 10.9. The van der Waals surface area contributed by atoms with Crippen LogP contribution in [-0.4, -0.2) is 20.2 Å². The van der Waals surface area contributed by atoms with Crippen LogP contribution in [0, 0.1) is 0 Å². The predicted octanol–water partition coefficient (Wildman–Crippen LogP) is 6.93. The van der Waals surface area contributed by atoms with Gasteiger partial charge in [-0.05, 0) is 74.3 Å². The molecular weight excluding hydrogens is 448 g/mol. The van der Waals surface area contributed by atoms with E-state index < -0.39 is 0 Å². The molecule has 4 aromatic heterocycles. The summed E-state index contributed by atoms with van der Waals surface area (Å²) in [5.74, 6) is 0. The largest absolute Gasteiger partial charge is 0.352 e. The van der Waals surface area contributed by atoms with Gasteiger partial charge in [-0.3, -0.25) is 10.1 Å². The quantitative estimate of drug-likeness (QED) is 0.283. The molecule has 4 heterocycles. The van der Waals surface area contributed by atoms with Crippen molar-refractivity contribution < 1.29 is 0 Å². The van der Waals surface area contributed by atoms with Gasteiger partial charge in [0.15, 0.2) is 0 Å². The Morgan fingerprint density at radius 3 is 2.57 bits per heavy atom. The second-order valence-corrected chi connectivity index (χ2v) is 9.50. The molecule has 35 heavy (non-hydrogen) atoms. The Kier molecular flexibility index (Phi) is 6.99. The molecule has 4 rings (SSSR count). The molecule has 0 fully saturated rings. The van der Waals surface area contributed by atoms with Gasteiger partial charge in [0.05, 0.1) is 22.8 Å². The number of aromatic amines is 2. The van der Waals surface area contributed by atoms with E-state index in [-0.39, 0.29) is 0 Å². The van der Waals surface area contributed by atoms with Crippen LogP contribution in [0.3, 0.4) is 0 Å². The van der Waals surface area contributed by atoms with Crippen LogP contribution in [0.5, 0.6) is 0 Å². The number of nitrogens with one attached hydrogen (secondary N) is 2. The SMILES string of the molecule is C=C/C=C(C)\C(=C/C)C(=C)/C=c1/c(-c2cc3c(-c4ccc(C(=C)C)s4)cncc3[nH]2)n[nH]/c1=C/C. The molecule has 176 valence electrons. The molecule has 0 aliphatic carbocycles. The number of allylic oxidation sites excluding steroid dienone is 7. The number of H-pyrrole nitrogens is 2. The van der Waals surface area contributed by atoms with Crippen LogP contribution in [0.15, 0.2) is 85.3 Å². The molecule has 0 unspecified atom stereocenters. The standard InChI is InChI=1S/C30H30N4S/c1-8-11-19(6)21(9-2)20(7)14-23-25(10-3)33-34-30(23)26-15-22-24(16-31-17-27(22)32-26)29-13-12-28(35-29)18(4)5/h8-17,32-33H,1,4,7H2,2-3,5-6H3/b19-11-,21-9+,23-14+,25-10+. The van der Waals surface area contributed by atoms with Gasteiger partial charge in [0, 0.05) is 32.1 Å². The summed E-state index contributed by atoms with van der Waals surface area (Å²) in [4.78, 5) is 10.4. The lowest BCUT2D eigenvalue weighted by atomic mass is 9.98. The Morgan fingerprint density at radius 1 is 1.11 bits per heavy atom. The highest BCUT2D eigenvalue weighted by molar-refractivity contribution is 7.16. The lowest BCUT2D eigenvalue weighted by molar-refractivity contribution is 1.06. The summed E-state index contributed by atoms with van der Waals surface area (Å²) in [6, 6.07) is 6.41. The summed E-state index contributed by atoms with van der Waals surface area (Å²) < 4.78 is 0. The average Bonchev–Trinajstić information content (AvgIpc) is 3.57. The number of hydrogen-bond acceptors (Lipinski definition) is 3. The third-order valence-electron chi connectivity index (χ3n) is 5.96. The highest BCUT2D eigenvalue weighted by Crippen LogP contribution is 2.36. The van der Waals surface area contributed by atoms with Crippen LogP contribution in [0.2, 0.25) is 0 Å². The number of nitrogens with zero attached hydrogens (tertiary/aromatic N) is 2. The summed E-state index contributed by atoms with van der Waals surface area (Å²) in [6.45, 7) is 20.4. The Morgan fingerprint density at radius 2 is 1.91 bits per heavy atom. The molecule has 0 aromatic carbocycles. The number of hydrogen-bond donors (Lipinski definition) is 2. The van der Waals surface area contributed by atoms with Crippen molar-refractivity contribution in [2.45, 2.75) is 27.7 Å². The van der Waals surface area contributed by atoms with E-state index in [4.69, 9.17) is 0 Å². The Bertz CT molecular complexity index is 1630. The Balaban J connectivity index is 1.86. The molecule has 0 saturated carbocycles. The van der Waals surface area contributed by atoms with Crippen molar-refractivity contribution in [3.8, 4) is 21.8 Å². The van der Waals surface area contributed by atoms with Gasteiger partial charge in [-0.25, -0.2) is 0 Å². The Hall–Kier alpha value is -3.96. The van der Waals surface area contributed by atoms with Gasteiger partial charge in [0.2, 0.25) is 0 Å². The first-order valence-corrected chi connectivity index (χ1v) is 12.3. The zero-order valence-electron chi connectivity index (χ0n) is 20.7. The van der Waals surface area contributed by atoms with Crippen molar-refractivity contribution in [2.24, 2.45) is 0 Å². The fraction of sp³-hybridized carbons (Fsp3) is 0.133. The fourth-order valence-corrected chi connectivity index (χ4v) is 5.16. The van der Waals surface area contributed by atoms with Gasteiger partial charge in [-0.2, -0.15) is 5.10 Å². The molecule has 0 aliphatic rings. The van der Waals surface area contributed by atoms with Crippen LogP contribution in [-0.2, 0) is 0 Å². The van der Waals surface area contributed by atoms with E-state index in [9.17, 15) is 0 Å². The smallest absolute Gasteiger partial charge is 0.116 e. The maximum absolute atomic E-state index is 4.66. The third kappa shape index (κ3) is 4.68. The molecule has 4 aromatic rings. The molecule has 2 N–H and O–H groups in total. The van der Waals surface area contributed by atoms with Crippen LogP contribution in [0.1, 0.15) is 32.6 Å². The van der Waals surface area contributed by atoms with E-state index in [0.717, 1.165) is 60.7 Å². The zero-order chi connectivity index (χ0) is 25.1. The van der Waals surface area contributed by atoms with Crippen molar-refractivity contribution in [3.05, 3.63) is 101 Å². The predicted molar refractivity (Wildman–Crippen MR) is 152 cm³/mol. The Labute approximate surface area is 210 Å². The van der Waals surface area contributed by atoms with Gasteiger partial charge in [-0.15, -0.1) is 11.3 Å². The maximum atomic E-state index is 4.66. The van der Waals surface area contributed by atoms with E-state index in [1.807, 2.05) is 45.3 Å². The highest BCUT2D eigenvalue weighted by atomic mass is 32.1. The summed E-state index contributed by atoms with van der Waals surface area (Å²) in [7, 11) is 0. The lowest BCUT2D eigenvalue weighted by Crippen LogP contribution is -2.23. The van der Waals surface area contributed by atoms with E-state index in [2.05, 4.69) is 77.2 Å². The van der Waals surface area contributed by atoms with Crippen LogP contribution < -0.4 is 10.6 Å². The van der Waals surface area contributed by atoms with Crippen molar-refractivity contribution in [2.75, 3.05) is 0 Å². The van der Waals surface area contributed by atoms with E-state index in [1.165, 1.54) is 9.75 Å². The molecule has 0 spiro atoms. The van der Waals surface area contributed by atoms with Crippen molar-refractivity contribution in [1.82, 2.24) is 20.2 Å². The number of thiophene rings is 1. The first-order chi connectivity index (χ1) is 16.9. The third-order valence-corrected chi connectivity index (χ3v) is 7.24. The van der Waals surface area contributed by atoms with Crippen molar-refractivity contribution >= 4 is 40.0 Å². The van der Waals surface area contributed by atoms with Gasteiger partial charge < -0.3 is 4.98 Å². The number of aromatic nitrogens is 4. The highest BCUT2D eigenvalue weighted by Gasteiger charge is 2.14.